The number of ether oxygens (including phenoxy) is 2. The molecule has 3 nitrogen and oxygen atoms in total. The maximum Gasteiger partial charge on any atom is 0.330 e. The Balaban J connectivity index is 1.95. The molecule has 1 aromatic carbocycles. The van der Waals surface area contributed by atoms with Gasteiger partial charge in [0, 0.05) is 6.08 Å². The Morgan fingerprint density at radius 2 is 1.94 bits per heavy atom. The molecule has 0 bridgehead atoms. The van der Waals surface area contributed by atoms with Gasteiger partial charge in [-0.1, -0.05) is 18.7 Å². The summed E-state index contributed by atoms with van der Waals surface area (Å²) in [5.41, 5.74) is 0. The van der Waals surface area contributed by atoms with Crippen molar-refractivity contribution in [2.75, 3.05) is 13.2 Å². The van der Waals surface area contributed by atoms with Crippen LogP contribution in [0.1, 0.15) is 19.3 Å². The zero-order valence-electron chi connectivity index (χ0n) is 9.85. The van der Waals surface area contributed by atoms with Crippen molar-refractivity contribution in [3.8, 4) is 5.75 Å². The highest BCUT2D eigenvalue weighted by molar-refractivity contribution is 5.81. The number of carbonyl (C=O) groups excluding carboxylic acids is 1. The monoisotopic (exact) mass is 233 g/mol. The second-order valence-corrected chi connectivity index (χ2v) is 3.52. The third-order valence-corrected chi connectivity index (χ3v) is 2.16. The van der Waals surface area contributed by atoms with Gasteiger partial charge in [0.15, 0.2) is 0 Å². The molecular formula is C14H17O3. The third kappa shape index (κ3) is 6.40. The average molecular weight is 233 g/mol. The maximum absolute atomic E-state index is 10.7. The van der Waals surface area contributed by atoms with E-state index < -0.39 is 0 Å². The topological polar surface area (TPSA) is 35.5 Å². The van der Waals surface area contributed by atoms with E-state index in [4.69, 9.17) is 9.47 Å². The number of hydrogen-bond donors (Lipinski definition) is 0. The molecule has 0 heterocycles. The van der Waals surface area contributed by atoms with Gasteiger partial charge in [-0.25, -0.2) is 4.79 Å². The molecule has 0 spiro atoms. The Bertz CT molecular complexity index is 333. The van der Waals surface area contributed by atoms with Gasteiger partial charge in [-0.05, 0) is 37.5 Å². The highest BCUT2D eigenvalue weighted by Crippen LogP contribution is 2.08. The Morgan fingerprint density at radius 3 is 2.65 bits per heavy atom. The molecule has 0 fully saturated rings. The first-order valence-corrected chi connectivity index (χ1v) is 5.71. The Labute approximate surface area is 102 Å². The predicted molar refractivity (Wildman–Crippen MR) is 65.8 cm³/mol. The van der Waals surface area contributed by atoms with Gasteiger partial charge in [0.05, 0.1) is 13.2 Å². The van der Waals surface area contributed by atoms with Crippen molar-refractivity contribution in [1.82, 2.24) is 0 Å². The quantitative estimate of drug-likeness (QED) is 0.393. The van der Waals surface area contributed by atoms with E-state index in [9.17, 15) is 4.79 Å². The second kappa shape index (κ2) is 8.39. The molecule has 0 aromatic heterocycles. The van der Waals surface area contributed by atoms with Gasteiger partial charge in [0.2, 0.25) is 0 Å². The first kappa shape index (κ1) is 13.3. The van der Waals surface area contributed by atoms with Crippen LogP contribution in [0.15, 0.2) is 36.9 Å². The van der Waals surface area contributed by atoms with Crippen LogP contribution in [0.25, 0.3) is 0 Å². The molecule has 1 aromatic rings. The van der Waals surface area contributed by atoms with Crippen molar-refractivity contribution in [2.45, 2.75) is 19.3 Å². The molecule has 3 heteroatoms. The summed E-state index contributed by atoms with van der Waals surface area (Å²) in [5.74, 6) is 0.503. The molecule has 0 aliphatic carbocycles. The molecule has 1 radical (unpaired) electrons. The SMILES string of the molecule is C=CC(=O)OCCCCCOc1cc[c]cc1. The van der Waals surface area contributed by atoms with Crippen LogP contribution in [0.4, 0.5) is 0 Å². The predicted octanol–water partition coefficient (Wildman–Crippen LogP) is 2.77. The van der Waals surface area contributed by atoms with Gasteiger partial charge in [-0.15, -0.1) is 0 Å². The zero-order chi connectivity index (χ0) is 12.3. The Kier molecular flexibility index (Phi) is 6.56. The number of hydrogen-bond acceptors (Lipinski definition) is 3. The van der Waals surface area contributed by atoms with Gasteiger partial charge in [-0.2, -0.15) is 0 Å². The van der Waals surface area contributed by atoms with E-state index in [2.05, 4.69) is 12.6 Å². The number of esters is 1. The van der Waals surface area contributed by atoms with Gasteiger partial charge < -0.3 is 9.47 Å². The second-order valence-electron chi connectivity index (χ2n) is 3.52. The standard InChI is InChI=1S/C14H17O3/c1-2-14(15)17-12-8-4-7-11-16-13-9-5-3-6-10-13/h2,5-6,9-10H,1,4,7-8,11-12H2. The highest BCUT2D eigenvalue weighted by atomic mass is 16.5. The largest absolute Gasteiger partial charge is 0.494 e. The normalized spacial score (nSPS) is 9.65. The minimum absolute atomic E-state index is 0.359. The maximum atomic E-state index is 10.7. The van der Waals surface area contributed by atoms with Crippen LogP contribution in [0.2, 0.25) is 0 Å². The summed E-state index contributed by atoms with van der Waals surface area (Å²) in [7, 11) is 0. The minimum atomic E-state index is -0.359. The zero-order valence-corrected chi connectivity index (χ0v) is 9.85. The molecule has 0 aliphatic rings. The lowest BCUT2D eigenvalue weighted by Crippen LogP contribution is -2.03. The van der Waals surface area contributed by atoms with Crippen molar-refractivity contribution in [3.05, 3.63) is 43.0 Å². The fourth-order valence-corrected chi connectivity index (χ4v) is 1.27. The Morgan fingerprint density at radius 1 is 1.24 bits per heavy atom. The summed E-state index contributed by atoms with van der Waals surface area (Å²) < 4.78 is 10.4. The molecule has 17 heavy (non-hydrogen) atoms. The highest BCUT2D eigenvalue weighted by Gasteiger charge is 1.96. The average Bonchev–Trinajstić information content (AvgIpc) is 2.38. The molecule has 0 saturated heterocycles. The number of unbranched alkanes of at least 4 members (excludes halogenated alkanes) is 2. The molecule has 91 valence electrons. The molecule has 0 saturated carbocycles. The van der Waals surface area contributed by atoms with E-state index in [0.29, 0.717) is 13.2 Å². The smallest absolute Gasteiger partial charge is 0.330 e. The van der Waals surface area contributed by atoms with E-state index >= 15 is 0 Å². The van der Waals surface area contributed by atoms with Gasteiger partial charge >= 0.3 is 5.97 Å². The summed E-state index contributed by atoms with van der Waals surface area (Å²) in [6.45, 7) is 4.45. The molecule has 0 atom stereocenters. The summed E-state index contributed by atoms with van der Waals surface area (Å²) in [5, 5.41) is 0. The lowest BCUT2D eigenvalue weighted by atomic mass is 10.2. The van der Waals surface area contributed by atoms with E-state index in [1.165, 1.54) is 6.08 Å². The summed E-state index contributed by atoms with van der Waals surface area (Å²) in [4.78, 5) is 10.7. The van der Waals surface area contributed by atoms with Crippen molar-refractivity contribution in [2.24, 2.45) is 0 Å². The van der Waals surface area contributed by atoms with E-state index in [1.54, 1.807) is 0 Å². The van der Waals surface area contributed by atoms with Crippen molar-refractivity contribution < 1.29 is 14.3 Å². The summed E-state index contributed by atoms with van der Waals surface area (Å²) in [6, 6.07) is 10.3. The van der Waals surface area contributed by atoms with E-state index in [0.717, 1.165) is 25.0 Å². The molecule has 0 amide bonds. The number of rotatable bonds is 8. The van der Waals surface area contributed by atoms with Crippen LogP contribution in [0.5, 0.6) is 5.75 Å². The van der Waals surface area contributed by atoms with Crippen LogP contribution >= 0.6 is 0 Å². The lowest BCUT2D eigenvalue weighted by molar-refractivity contribution is -0.137. The molecule has 0 aliphatic heterocycles. The fourth-order valence-electron chi connectivity index (χ4n) is 1.27. The minimum Gasteiger partial charge on any atom is -0.494 e. The number of carbonyl (C=O) groups is 1. The first-order valence-electron chi connectivity index (χ1n) is 5.71. The van der Waals surface area contributed by atoms with E-state index in [-0.39, 0.29) is 5.97 Å². The summed E-state index contributed by atoms with van der Waals surface area (Å²) in [6.07, 6.45) is 3.95. The fraction of sp³-hybridized carbons (Fsp3) is 0.357. The van der Waals surface area contributed by atoms with Crippen LogP contribution in [-0.2, 0) is 9.53 Å². The van der Waals surface area contributed by atoms with Crippen molar-refractivity contribution in [3.63, 3.8) is 0 Å². The van der Waals surface area contributed by atoms with Gasteiger partial charge in [0.25, 0.3) is 0 Å². The summed E-state index contributed by atoms with van der Waals surface area (Å²) >= 11 is 0. The first-order chi connectivity index (χ1) is 8.33. The van der Waals surface area contributed by atoms with Crippen LogP contribution < -0.4 is 4.74 Å². The van der Waals surface area contributed by atoms with Crippen molar-refractivity contribution >= 4 is 5.97 Å². The molecular weight excluding hydrogens is 216 g/mol. The van der Waals surface area contributed by atoms with Crippen LogP contribution in [0.3, 0.4) is 0 Å². The van der Waals surface area contributed by atoms with Gasteiger partial charge in [-0.3, -0.25) is 0 Å². The van der Waals surface area contributed by atoms with Crippen molar-refractivity contribution in [1.29, 1.82) is 0 Å². The van der Waals surface area contributed by atoms with E-state index in [1.807, 2.05) is 24.3 Å². The molecule has 0 unspecified atom stereocenters. The van der Waals surface area contributed by atoms with Gasteiger partial charge in [0.1, 0.15) is 5.75 Å². The number of benzene rings is 1. The van der Waals surface area contributed by atoms with Crippen LogP contribution in [0, 0.1) is 6.07 Å². The lowest BCUT2D eigenvalue weighted by Gasteiger charge is -2.05. The molecule has 0 N–H and O–H groups in total. The third-order valence-electron chi connectivity index (χ3n) is 2.16. The Hall–Kier alpha value is -1.77. The van der Waals surface area contributed by atoms with Crippen LogP contribution in [-0.4, -0.2) is 19.2 Å². The molecule has 1 rings (SSSR count).